The van der Waals surface area contributed by atoms with Gasteiger partial charge in [0.1, 0.15) is 11.3 Å². The second-order valence-electron chi connectivity index (χ2n) is 7.92. The molecule has 5 nitrogen and oxygen atoms in total. The molecule has 3 aliphatic carbocycles. The number of aromatic nitrogens is 3. The fourth-order valence-corrected chi connectivity index (χ4v) is 5.09. The summed E-state index contributed by atoms with van der Waals surface area (Å²) in [5, 5.41) is 25.5. The minimum Gasteiger partial charge on any atom is -0.379 e. The van der Waals surface area contributed by atoms with Crippen molar-refractivity contribution in [1.82, 2.24) is 14.8 Å². The molecule has 3 aliphatic rings. The Morgan fingerprint density at radius 2 is 2.19 bits per heavy atom. The summed E-state index contributed by atoms with van der Waals surface area (Å²) in [5.41, 5.74) is 4.70. The lowest BCUT2D eigenvalue weighted by atomic mass is 9.78. The molecule has 2 heterocycles. The van der Waals surface area contributed by atoms with Gasteiger partial charge in [0.15, 0.2) is 0 Å². The molecule has 2 aromatic rings. The molecule has 0 bridgehead atoms. The Bertz CT molecular complexity index is 957. The monoisotopic (exact) mass is 346 g/mol. The van der Waals surface area contributed by atoms with Crippen LogP contribution in [0.4, 0.5) is 0 Å². The summed E-state index contributed by atoms with van der Waals surface area (Å²) in [7, 11) is 0. The van der Waals surface area contributed by atoms with Crippen LogP contribution in [-0.2, 0) is 12.0 Å². The number of nitrogens with zero attached hydrogens (tertiary/aromatic N) is 4. The van der Waals surface area contributed by atoms with E-state index < -0.39 is 5.60 Å². The van der Waals surface area contributed by atoms with Gasteiger partial charge in [0.05, 0.1) is 24.2 Å². The quantitative estimate of drug-likeness (QED) is 0.918. The van der Waals surface area contributed by atoms with E-state index in [0.29, 0.717) is 18.0 Å². The fraction of sp³-hybridized carbons (Fsp3) is 0.476. The Balaban J connectivity index is 1.67. The molecule has 0 amide bonds. The standard InChI is InChI=1S/C21H22N4O/c1-21(26)16-6-7-17-19(16)14(9-11-23-17)15-12-25(24-20(15)21)18(8-10-22)13-4-2-3-5-13/h6,9,11-13,18,26H,2-5,7-8H2,1H3. The smallest absolute Gasteiger partial charge is 0.131 e. The van der Waals surface area contributed by atoms with Gasteiger partial charge < -0.3 is 5.11 Å². The molecule has 132 valence electrons. The molecule has 26 heavy (non-hydrogen) atoms. The van der Waals surface area contributed by atoms with E-state index in [1.54, 1.807) is 0 Å². The molecule has 0 aliphatic heterocycles. The van der Waals surface area contributed by atoms with Crippen LogP contribution in [0.3, 0.4) is 0 Å². The van der Waals surface area contributed by atoms with Gasteiger partial charge in [-0.1, -0.05) is 18.9 Å². The Hall–Kier alpha value is -2.45. The van der Waals surface area contributed by atoms with Gasteiger partial charge in [-0.2, -0.15) is 10.4 Å². The first-order chi connectivity index (χ1) is 12.6. The molecule has 1 fully saturated rings. The van der Waals surface area contributed by atoms with E-state index in [0.717, 1.165) is 47.2 Å². The highest BCUT2D eigenvalue weighted by Gasteiger charge is 2.44. The van der Waals surface area contributed by atoms with Gasteiger partial charge in [-0.3, -0.25) is 9.67 Å². The third-order valence-electron chi connectivity index (χ3n) is 6.39. The van der Waals surface area contributed by atoms with Gasteiger partial charge in [0.2, 0.25) is 0 Å². The van der Waals surface area contributed by atoms with E-state index in [9.17, 15) is 10.4 Å². The van der Waals surface area contributed by atoms with Gasteiger partial charge in [-0.05, 0) is 42.9 Å². The number of aliphatic hydroxyl groups is 1. The number of hydrogen-bond acceptors (Lipinski definition) is 4. The highest BCUT2D eigenvalue weighted by Crippen LogP contribution is 2.51. The minimum atomic E-state index is -1.12. The molecular formula is C21H22N4O. The van der Waals surface area contributed by atoms with Crippen molar-refractivity contribution in [1.29, 1.82) is 5.26 Å². The second-order valence-corrected chi connectivity index (χ2v) is 7.92. The molecule has 5 heteroatoms. The van der Waals surface area contributed by atoms with Gasteiger partial charge in [-0.15, -0.1) is 0 Å². The van der Waals surface area contributed by atoms with Crippen LogP contribution in [0.15, 0.2) is 24.5 Å². The third kappa shape index (κ3) is 2.05. The van der Waals surface area contributed by atoms with Crippen LogP contribution >= 0.6 is 0 Å². The maximum atomic E-state index is 11.3. The number of nitriles is 1. The minimum absolute atomic E-state index is 0.0871. The average molecular weight is 346 g/mol. The number of allylic oxidation sites excluding steroid dienone is 1. The summed E-state index contributed by atoms with van der Waals surface area (Å²) in [4.78, 5) is 4.49. The summed E-state index contributed by atoms with van der Waals surface area (Å²) in [6.45, 7) is 1.83. The second kappa shape index (κ2) is 5.52. The third-order valence-corrected chi connectivity index (χ3v) is 6.39. The Morgan fingerprint density at radius 3 is 2.96 bits per heavy atom. The summed E-state index contributed by atoms with van der Waals surface area (Å²) < 4.78 is 1.97. The molecule has 1 saturated carbocycles. The highest BCUT2D eigenvalue weighted by atomic mass is 16.3. The van der Waals surface area contributed by atoms with E-state index in [4.69, 9.17) is 5.10 Å². The maximum absolute atomic E-state index is 11.3. The predicted octanol–water partition coefficient (Wildman–Crippen LogP) is 3.75. The summed E-state index contributed by atoms with van der Waals surface area (Å²) in [5.74, 6) is 0.497. The van der Waals surface area contributed by atoms with E-state index in [1.807, 2.05) is 23.9 Å². The topological polar surface area (TPSA) is 74.7 Å². The van der Waals surface area contributed by atoms with E-state index in [-0.39, 0.29) is 6.04 Å². The van der Waals surface area contributed by atoms with Crippen molar-refractivity contribution in [3.8, 4) is 17.2 Å². The molecule has 0 saturated heterocycles. The molecule has 1 N–H and O–H groups in total. The first-order valence-electron chi connectivity index (χ1n) is 9.49. The van der Waals surface area contributed by atoms with Crippen molar-refractivity contribution in [3.05, 3.63) is 41.5 Å². The van der Waals surface area contributed by atoms with Crippen LogP contribution in [0, 0.1) is 17.2 Å². The zero-order chi connectivity index (χ0) is 17.9. The summed E-state index contributed by atoms with van der Waals surface area (Å²) >= 11 is 0. The molecule has 2 atom stereocenters. The number of rotatable bonds is 3. The van der Waals surface area contributed by atoms with Crippen LogP contribution in [0.25, 0.3) is 16.7 Å². The molecule has 0 aromatic carbocycles. The van der Waals surface area contributed by atoms with Crippen LogP contribution in [0.1, 0.15) is 62.0 Å². The predicted molar refractivity (Wildman–Crippen MR) is 97.9 cm³/mol. The van der Waals surface area contributed by atoms with Crippen molar-refractivity contribution >= 4 is 5.57 Å². The molecule has 5 rings (SSSR count). The first kappa shape index (κ1) is 15.8. The van der Waals surface area contributed by atoms with Gasteiger partial charge in [0.25, 0.3) is 0 Å². The van der Waals surface area contributed by atoms with E-state index in [2.05, 4.69) is 23.3 Å². The SMILES string of the molecule is CC1(O)C2=CCc3nccc(c32)-c2cn(C(CC#N)C3CCCC3)nc21. The molecular weight excluding hydrogens is 324 g/mol. The lowest BCUT2D eigenvalue weighted by molar-refractivity contribution is 0.115. The average Bonchev–Trinajstić information content (AvgIpc) is 3.37. The number of hydrogen-bond donors (Lipinski definition) is 1. The van der Waals surface area contributed by atoms with Gasteiger partial charge >= 0.3 is 0 Å². The molecule has 2 aromatic heterocycles. The molecule has 2 unspecified atom stereocenters. The van der Waals surface area contributed by atoms with Crippen molar-refractivity contribution in [3.63, 3.8) is 0 Å². The Labute approximate surface area is 153 Å². The van der Waals surface area contributed by atoms with Crippen molar-refractivity contribution in [2.75, 3.05) is 0 Å². The fourth-order valence-electron chi connectivity index (χ4n) is 5.09. The van der Waals surface area contributed by atoms with Crippen LogP contribution in [-0.4, -0.2) is 19.9 Å². The summed E-state index contributed by atoms with van der Waals surface area (Å²) in [6, 6.07) is 4.46. The van der Waals surface area contributed by atoms with Crippen LogP contribution in [0.5, 0.6) is 0 Å². The highest BCUT2D eigenvalue weighted by molar-refractivity contribution is 5.93. The number of fused-ring (bicyclic) bond motifs is 2. The first-order valence-corrected chi connectivity index (χ1v) is 9.49. The number of pyridine rings is 1. The van der Waals surface area contributed by atoms with Crippen molar-refractivity contribution in [2.45, 2.75) is 57.1 Å². The largest absolute Gasteiger partial charge is 0.379 e. The molecule has 0 radical (unpaired) electrons. The van der Waals surface area contributed by atoms with Crippen molar-refractivity contribution < 1.29 is 5.11 Å². The van der Waals surface area contributed by atoms with Gasteiger partial charge in [0, 0.05) is 29.9 Å². The zero-order valence-corrected chi connectivity index (χ0v) is 14.9. The van der Waals surface area contributed by atoms with Crippen LogP contribution < -0.4 is 0 Å². The van der Waals surface area contributed by atoms with Gasteiger partial charge in [-0.25, -0.2) is 0 Å². The Kier molecular flexibility index (Phi) is 3.35. The van der Waals surface area contributed by atoms with E-state index in [1.165, 1.54) is 12.8 Å². The van der Waals surface area contributed by atoms with Crippen molar-refractivity contribution in [2.24, 2.45) is 5.92 Å². The lowest BCUT2D eigenvalue weighted by Gasteiger charge is -2.30. The van der Waals surface area contributed by atoms with Crippen LogP contribution in [0.2, 0.25) is 0 Å². The van der Waals surface area contributed by atoms with E-state index >= 15 is 0 Å². The molecule has 0 spiro atoms. The normalized spacial score (nSPS) is 24.7. The zero-order valence-electron chi connectivity index (χ0n) is 14.9. The lowest BCUT2D eigenvalue weighted by Crippen LogP contribution is -2.28. The Morgan fingerprint density at radius 1 is 1.38 bits per heavy atom. The summed E-state index contributed by atoms with van der Waals surface area (Å²) in [6.07, 6.45) is 12.0. The maximum Gasteiger partial charge on any atom is 0.131 e.